The van der Waals surface area contributed by atoms with Gasteiger partial charge in [-0.2, -0.15) is 0 Å². The summed E-state index contributed by atoms with van der Waals surface area (Å²) in [7, 11) is 0. The first-order chi connectivity index (χ1) is 10.1. The van der Waals surface area contributed by atoms with Crippen LogP contribution in [0.3, 0.4) is 0 Å². The van der Waals surface area contributed by atoms with Gasteiger partial charge in [-0.15, -0.1) is 0 Å². The first-order valence-corrected chi connectivity index (χ1v) is 7.84. The number of carbonyl (C=O) groups excluding carboxylic acids is 1. The van der Waals surface area contributed by atoms with E-state index in [1.54, 1.807) is 0 Å². The third kappa shape index (κ3) is 3.33. The summed E-state index contributed by atoms with van der Waals surface area (Å²) in [6.07, 6.45) is 4.15. The average Bonchev–Trinajstić information content (AvgIpc) is 3.38. The van der Waals surface area contributed by atoms with Crippen LogP contribution in [0.25, 0.3) is 0 Å². The number of amides is 2. The molecule has 3 N–H and O–H groups in total. The molecule has 0 unspecified atom stereocenters. The molecule has 0 atom stereocenters. The van der Waals surface area contributed by atoms with Gasteiger partial charge in [0.25, 0.3) is 0 Å². The predicted octanol–water partition coefficient (Wildman–Crippen LogP) is 2.44. The molecule has 0 bridgehead atoms. The van der Waals surface area contributed by atoms with E-state index < -0.39 is 0 Å². The topological polar surface area (TPSA) is 61.4 Å². The Hall–Kier alpha value is -1.26. The zero-order valence-electron chi connectivity index (χ0n) is 12.0. The second-order valence-electron chi connectivity index (χ2n) is 6.49. The Balaban J connectivity index is 1.49. The lowest BCUT2D eigenvalue weighted by Gasteiger charge is -2.18. The number of nitrogens with one attached hydrogen (secondary N) is 2. The van der Waals surface area contributed by atoms with Crippen LogP contribution in [0.1, 0.15) is 31.2 Å². The lowest BCUT2D eigenvalue weighted by molar-refractivity contribution is 0.203. The SMILES string of the molecule is O=C(NCC1(CO)CC1)NCC1(c2cccc(Cl)c2)CC1. The molecule has 5 heteroatoms. The minimum Gasteiger partial charge on any atom is -0.396 e. The highest BCUT2D eigenvalue weighted by molar-refractivity contribution is 6.30. The minimum atomic E-state index is -0.150. The number of carbonyl (C=O) groups is 1. The fourth-order valence-corrected chi connectivity index (χ4v) is 2.87. The van der Waals surface area contributed by atoms with Gasteiger partial charge in [0.15, 0.2) is 0 Å². The van der Waals surface area contributed by atoms with Crippen molar-refractivity contribution >= 4 is 17.6 Å². The molecule has 0 aromatic heterocycles. The van der Waals surface area contributed by atoms with E-state index in [9.17, 15) is 9.90 Å². The van der Waals surface area contributed by atoms with E-state index >= 15 is 0 Å². The highest BCUT2D eigenvalue weighted by Gasteiger charge is 2.45. The summed E-state index contributed by atoms with van der Waals surface area (Å²) in [6.45, 7) is 1.34. The molecule has 1 aromatic rings. The normalized spacial score (nSPS) is 20.7. The highest BCUT2D eigenvalue weighted by atomic mass is 35.5. The molecule has 2 fully saturated rings. The third-order valence-corrected chi connectivity index (χ3v) is 5.03. The molecule has 2 amide bonds. The van der Waals surface area contributed by atoms with Crippen LogP contribution in [0, 0.1) is 5.41 Å². The third-order valence-electron chi connectivity index (χ3n) is 4.79. The van der Waals surface area contributed by atoms with Crippen molar-refractivity contribution in [3.63, 3.8) is 0 Å². The number of hydrogen-bond acceptors (Lipinski definition) is 2. The Kier molecular flexibility index (Phi) is 3.84. The maximum atomic E-state index is 11.9. The van der Waals surface area contributed by atoms with E-state index in [-0.39, 0.29) is 23.5 Å². The molecular formula is C16H21ClN2O2. The predicted molar refractivity (Wildman–Crippen MR) is 82.5 cm³/mol. The van der Waals surface area contributed by atoms with Crippen LogP contribution in [-0.4, -0.2) is 30.8 Å². The van der Waals surface area contributed by atoms with Crippen LogP contribution >= 0.6 is 11.6 Å². The van der Waals surface area contributed by atoms with E-state index in [0.29, 0.717) is 13.1 Å². The smallest absolute Gasteiger partial charge is 0.314 e. The van der Waals surface area contributed by atoms with Gasteiger partial charge in [-0.05, 0) is 43.4 Å². The van der Waals surface area contributed by atoms with Gasteiger partial charge in [-0.1, -0.05) is 23.7 Å². The Morgan fingerprint density at radius 1 is 1.19 bits per heavy atom. The molecule has 2 saturated carbocycles. The first-order valence-electron chi connectivity index (χ1n) is 7.46. The molecule has 0 radical (unpaired) electrons. The van der Waals surface area contributed by atoms with Crippen LogP contribution in [0.2, 0.25) is 5.02 Å². The van der Waals surface area contributed by atoms with Gasteiger partial charge < -0.3 is 15.7 Å². The summed E-state index contributed by atoms with van der Waals surface area (Å²) in [5, 5.41) is 15.8. The summed E-state index contributed by atoms with van der Waals surface area (Å²) in [6, 6.07) is 7.73. The molecule has 0 heterocycles. The second-order valence-corrected chi connectivity index (χ2v) is 6.92. The van der Waals surface area contributed by atoms with E-state index in [2.05, 4.69) is 16.7 Å². The summed E-state index contributed by atoms with van der Waals surface area (Å²) >= 11 is 6.04. The molecule has 2 aliphatic carbocycles. The van der Waals surface area contributed by atoms with Crippen molar-refractivity contribution in [3.8, 4) is 0 Å². The van der Waals surface area contributed by atoms with E-state index in [1.165, 1.54) is 5.56 Å². The van der Waals surface area contributed by atoms with Gasteiger partial charge in [-0.3, -0.25) is 0 Å². The zero-order chi connectivity index (χ0) is 14.9. The molecule has 114 valence electrons. The highest BCUT2D eigenvalue weighted by Crippen LogP contribution is 2.48. The number of halogens is 1. The van der Waals surface area contributed by atoms with Crippen LogP contribution in [-0.2, 0) is 5.41 Å². The van der Waals surface area contributed by atoms with E-state index in [1.807, 2.05) is 18.2 Å². The van der Waals surface area contributed by atoms with E-state index in [4.69, 9.17) is 11.6 Å². The maximum Gasteiger partial charge on any atom is 0.314 e. The standard InChI is InChI=1S/C16H21ClN2O2/c17-13-3-1-2-12(8-13)16(6-7-16)10-19-14(21)18-9-15(11-20)4-5-15/h1-3,8,20H,4-7,9-11H2,(H2,18,19,21). The molecule has 0 aliphatic heterocycles. The largest absolute Gasteiger partial charge is 0.396 e. The van der Waals surface area contributed by atoms with Gasteiger partial charge in [0.05, 0.1) is 6.61 Å². The Morgan fingerprint density at radius 2 is 1.90 bits per heavy atom. The van der Waals surface area contributed by atoms with Crippen molar-refractivity contribution in [1.82, 2.24) is 10.6 Å². The average molecular weight is 309 g/mol. The molecule has 2 aliphatic rings. The van der Waals surface area contributed by atoms with Crippen molar-refractivity contribution in [2.75, 3.05) is 19.7 Å². The number of aliphatic hydroxyl groups is 1. The lowest BCUT2D eigenvalue weighted by atomic mass is 9.96. The molecule has 0 saturated heterocycles. The Morgan fingerprint density at radius 3 is 2.48 bits per heavy atom. The van der Waals surface area contributed by atoms with Crippen molar-refractivity contribution in [3.05, 3.63) is 34.9 Å². The quantitative estimate of drug-likeness (QED) is 0.756. The van der Waals surface area contributed by atoms with Crippen molar-refractivity contribution in [2.45, 2.75) is 31.1 Å². The van der Waals surface area contributed by atoms with Crippen LogP contribution < -0.4 is 10.6 Å². The number of rotatable bonds is 6. The van der Waals surface area contributed by atoms with Crippen molar-refractivity contribution in [2.24, 2.45) is 5.41 Å². The van der Waals surface area contributed by atoms with Gasteiger partial charge in [0, 0.05) is 28.9 Å². The van der Waals surface area contributed by atoms with Crippen LogP contribution in [0.15, 0.2) is 24.3 Å². The molecule has 21 heavy (non-hydrogen) atoms. The molecule has 4 nitrogen and oxygen atoms in total. The molecule has 0 spiro atoms. The minimum absolute atomic E-state index is 0.0521. The molecule has 3 rings (SSSR count). The molecular weight excluding hydrogens is 288 g/mol. The van der Waals surface area contributed by atoms with Gasteiger partial charge in [0.2, 0.25) is 0 Å². The summed E-state index contributed by atoms with van der Waals surface area (Å²) < 4.78 is 0. The van der Waals surface area contributed by atoms with Crippen molar-refractivity contribution < 1.29 is 9.90 Å². The first kappa shape index (κ1) is 14.7. The summed E-state index contributed by atoms with van der Waals surface area (Å²) in [5.74, 6) is 0. The van der Waals surface area contributed by atoms with E-state index in [0.717, 1.165) is 30.7 Å². The summed E-state index contributed by atoms with van der Waals surface area (Å²) in [5.41, 5.74) is 1.20. The zero-order valence-corrected chi connectivity index (χ0v) is 12.7. The molecule has 1 aromatic carbocycles. The lowest BCUT2D eigenvalue weighted by Crippen LogP contribution is -2.42. The Labute approximate surface area is 129 Å². The van der Waals surface area contributed by atoms with Crippen LogP contribution in [0.5, 0.6) is 0 Å². The number of aliphatic hydroxyl groups excluding tert-OH is 1. The fourth-order valence-electron chi connectivity index (χ4n) is 2.68. The van der Waals surface area contributed by atoms with Crippen molar-refractivity contribution in [1.29, 1.82) is 0 Å². The number of benzene rings is 1. The maximum absolute atomic E-state index is 11.9. The monoisotopic (exact) mass is 308 g/mol. The number of hydrogen-bond donors (Lipinski definition) is 3. The van der Waals surface area contributed by atoms with Gasteiger partial charge >= 0.3 is 6.03 Å². The van der Waals surface area contributed by atoms with Gasteiger partial charge in [0.1, 0.15) is 0 Å². The van der Waals surface area contributed by atoms with Gasteiger partial charge in [-0.25, -0.2) is 4.79 Å². The fraction of sp³-hybridized carbons (Fsp3) is 0.562. The number of urea groups is 1. The van der Waals surface area contributed by atoms with Crippen LogP contribution in [0.4, 0.5) is 4.79 Å². The Bertz CT molecular complexity index is 539. The second kappa shape index (κ2) is 5.50. The summed E-state index contributed by atoms with van der Waals surface area (Å²) in [4.78, 5) is 11.9.